The molecule has 0 saturated carbocycles. The lowest BCUT2D eigenvalue weighted by molar-refractivity contribution is -0.117. The fraction of sp³-hybridized carbons (Fsp3) is 0.304. The van der Waals surface area contributed by atoms with Gasteiger partial charge in [-0.05, 0) is 49.1 Å². The average molecular weight is 476 g/mol. The molecule has 0 aliphatic carbocycles. The second-order valence-corrected chi connectivity index (χ2v) is 9.91. The minimum atomic E-state index is -3.73. The molecule has 0 aromatic heterocycles. The lowest BCUT2D eigenvalue weighted by Gasteiger charge is -2.31. The van der Waals surface area contributed by atoms with E-state index in [1.54, 1.807) is 0 Å². The minimum absolute atomic E-state index is 0.0679. The van der Waals surface area contributed by atoms with E-state index >= 15 is 0 Å². The highest BCUT2D eigenvalue weighted by molar-refractivity contribution is 7.89. The number of carbonyl (C=O) groups is 2. The summed E-state index contributed by atoms with van der Waals surface area (Å²) in [5.41, 5.74) is 1.43. The van der Waals surface area contributed by atoms with Crippen LogP contribution in [0.2, 0.25) is 5.02 Å². The van der Waals surface area contributed by atoms with E-state index in [4.69, 9.17) is 11.6 Å². The number of benzene rings is 2. The van der Waals surface area contributed by atoms with Crippen LogP contribution in [0, 0.1) is 0 Å². The van der Waals surface area contributed by atoms with Crippen molar-refractivity contribution >= 4 is 39.1 Å². The smallest absolute Gasteiger partial charge is 0.243 e. The fourth-order valence-corrected chi connectivity index (χ4v) is 5.31. The maximum atomic E-state index is 13.0. The van der Waals surface area contributed by atoms with Crippen molar-refractivity contribution in [2.45, 2.75) is 36.6 Å². The maximum absolute atomic E-state index is 13.0. The summed E-state index contributed by atoms with van der Waals surface area (Å²) in [6.07, 6.45) is 3.12. The van der Waals surface area contributed by atoms with Gasteiger partial charge < -0.3 is 10.6 Å². The molecule has 3 rings (SSSR count). The number of piperidine rings is 1. The Morgan fingerprint density at radius 2 is 1.81 bits per heavy atom. The number of sulfonamides is 1. The minimum Gasteiger partial charge on any atom is -0.350 e. The summed E-state index contributed by atoms with van der Waals surface area (Å²) in [6, 6.07) is 13.9. The molecule has 1 saturated heterocycles. The Morgan fingerprint density at radius 3 is 2.44 bits per heavy atom. The van der Waals surface area contributed by atoms with Gasteiger partial charge in [0.25, 0.3) is 0 Å². The molecular formula is C23H26ClN3O4S. The largest absolute Gasteiger partial charge is 0.350 e. The van der Waals surface area contributed by atoms with E-state index < -0.39 is 10.0 Å². The number of anilines is 1. The fourth-order valence-electron chi connectivity index (χ4n) is 3.52. The zero-order chi connectivity index (χ0) is 23.1. The lowest BCUT2D eigenvalue weighted by Crippen LogP contribution is -2.46. The Hall–Kier alpha value is -2.68. The van der Waals surface area contributed by atoms with Crippen LogP contribution in [-0.4, -0.2) is 43.7 Å². The third-order valence-corrected chi connectivity index (χ3v) is 7.53. The molecular weight excluding hydrogens is 450 g/mol. The van der Waals surface area contributed by atoms with Crippen LogP contribution < -0.4 is 10.6 Å². The number of rotatable bonds is 8. The van der Waals surface area contributed by atoms with E-state index in [1.807, 2.05) is 30.3 Å². The number of nitrogens with zero attached hydrogens (tertiary/aromatic N) is 1. The molecule has 1 aliphatic rings. The van der Waals surface area contributed by atoms with E-state index in [1.165, 1.54) is 28.6 Å². The number of hydrogen-bond acceptors (Lipinski definition) is 4. The molecule has 0 unspecified atom stereocenters. The predicted molar refractivity (Wildman–Crippen MR) is 125 cm³/mol. The summed E-state index contributed by atoms with van der Waals surface area (Å²) >= 11 is 6.28. The first-order valence-corrected chi connectivity index (χ1v) is 12.2. The van der Waals surface area contributed by atoms with Crippen LogP contribution >= 0.6 is 11.6 Å². The van der Waals surface area contributed by atoms with Gasteiger partial charge in [-0.25, -0.2) is 8.42 Å². The normalized spacial score (nSPS) is 15.2. The zero-order valence-electron chi connectivity index (χ0n) is 17.6. The highest BCUT2D eigenvalue weighted by Gasteiger charge is 2.30. The first kappa shape index (κ1) is 24.0. The first-order valence-electron chi connectivity index (χ1n) is 10.4. The topological polar surface area (TPSA) is 95.6 Å². The van der Waals surface area contributed by atoms with E-state index in [-0.39, 0.29) is 34.2 Å². The van der Waals surface area contributed by atoms with Crippen molar-refractivity contribution in [2.75, 3.05) is 18.4 Å². The first-order chi connectivity index (χ1) is 15.3. The number of aryl methyl sites for hydroxylation is 1. The molecule has 9 heteroatoms. The summed E-state index contributed by atoms with van der Waals surface area (Å²) < 4.78 is 27.4. The Labute approximate surface area is 193 Å². The Balaban J connectivity index is 1.59. The highest BCUT2D eigenvalue weighted by Crippen LogP contribution is 2.28. The standard InChI is InChI=1S/C23H26ClN3O4S/c1-2-22(28)25-18-12-14-27(15-13-18)32(30,31)19-9-10-21(20(24)16-19)26-23(29)11-8-17-6-4-3-5-7-17/h2-7,9-10,16,18H,1,8,11-15H2,(H,25,28)(H,26,29). The van der Waals surface area contributed by atoms with Crippen molar-refractivity contribution in [1.82, 2.24) is 9.62 Å². The Kier molecular flexibility index (Phi) is 8.06. The van der Waals surface area contributed by atoms with E-state index in [0.29, 0.717) is 38.0 Å². The van der Waals surface area contributed by atoms with Crippen LogP contribution in [0.4, 0.5) is 5.69 Å². The number of hydrogen-bond donors (Lipinski definition) is 2. The zero-order valence-corrected chi connectivity index (χ0v) is 19.2. The van der Waals surface area contributed by atoms with Crippen molar-refractivity contribution in [3.8, 4) is 0 Å². The van der Waals surface area contributed by atoms with Gasteiger partial charge in [0.15, 0.2) is 0 Å². The SMILES string of the molecule is C=CC(=O)NC1CCN(S(=O)(=O)c2ccc(NC(=O)CCc3ccccc3)c(Cl)c2)CC1. The summed E-state index contributed by atoms with van der Waals surface area (Å²) in [7, 11) is -3.73. The number of halogens is 1. The number of carbonyl (C=O) groups excluding carboxylic acids is 2. The number of amides is 2. The maximum Gasteiger partial charge on any atom is 0.243 e. The Morgan fingerprint density at radius 1 is 1.12 bits per heavy atom. The van der Waals surface area contributed by atoms with Gasteiger partial charge in [0, 0.05) is 25.6 Å². The van der Waals surface area contributed by atoms with Crippen molar-refractivity contribution in [1.29, 1.82) is 0 Å². The van der Waals surface area contributed by atoms with E-state index in [9.17, 15) is 18.0 Å². The lowest BCUT2D eigenvalue weighted by atomic mass is 10.1. The third-order valence-electron chi connectivity index (χ3n) is 5.32. The van der Waals surface area contributed by atoms with Crippen molar-refractivity contribution in [2.24, 2.45) is 0 Å². The summed E-state index contributed by atoms with van der Waals surface area (Å²) in [4.78, 5) is 23.8. The molecule has 2 aromatic carbocycles. The third kappa shape index (κ3) is 6.18. The quantitative estimate of drug-likeness (QED) is 0.572. The van der Waals surface area contributed by atoms with Gasteiger partial charge >= 0.3 is 0 Å². The summed E-state index contributed by atoms with van der Waals surface area (Å²) in [6.45, 7) is 4.00. The van der Waals surface area contributed by atoms with Crippen molar-refractivity contribution < 1.29 is 18.0 Å². The van der Waals surface area contributed by atoms with Gasteiger partial charge in [0.05, 0.1) is 15.6 Å². The van der Waals surface area contributed by atoms with Gasteiger partial charge in [0.2, 0.25) is 21.8 Å². The van der Waals surface area contributed by atoms with Crippen LogP contribution in [0.1, 0.15) is 24.8 Å². The molecule has 0 radical (unpaired) electrons. The molecule has 1 heterocycles. The molecule has 1 fully saturated rings. The van der Waals surface area contributed by atoms with Crippen LogP contribution in [0.3, 0.4) is 0 Å². The van der Waals surface area contributed by atoms with E-state index in [0.717, 1.165) is 5.56 Å². The molecule has 2 N–H and O–H groups in total. The van der Waals surface area contributed by atoms with Gasteiger partial charge in [-0.15, -0.1) is 0 Å². The molecule has 2 aromatic rings. The molecule has 1 aliphatic heterocycles. The molecule has 0 atom stereocenters. The second-order valence-electron chi connectivity index (χ2n) is 7.57. The Bertz CT molecular complexity index is 1080. The van der Waals surface area contributed by atoms with Crippen molar-refractivity contribution in [3.05, 3.63) is 71.8 Å². The molecule has 0 spiro atoms. The molecule has 7 nitrogen and oxygen atoms in total. The molecule has 170 valence electrons. The van der Waals surface area contributed by atoms with Gasteiger partial charge in [-0.1, -0.05) is 48.5 Å². The summed E-state index contributed by atoms with van der Waals surface area (Å²) in [5.74, 6) is -0.463. The molecule has 32 heavy (non-hydrogen) atoms. The highest BCUT2D eigenvalue weighted by atomic mass is 35.5. The van der Waals surface area contributed by atoms with Crippen LogP contribution in [0.25, 0.3) is 0 Å². The summed E-state index contributed by atoms with van der Waals surface area (Å²) in [5, 5.41) is 5.70. The molecule has 2 amide bonds. The molecule has 0 bridgehead atoms. The van der Waals surface area contributed by atoms with Crippen LogP contribution in [0.5, 0.6) is 0 Å². The monoisotopic (exact) mass is 475 g/mol. The van der Waals surface area contributed by atoms with Crippen LogP contribution in [0.15, 0.2) is 66.1 Å². The van der Waals surface area contributed by atoms with Crippen LogP contribution in [-0.2, 0) is 26.0 Å². The predicted octanol–water partition coefficient (Wildman–Crippen LogP) is 3.37. The van der Waals surface area contributed by atoms with Gasteiger partial charge in [-0.3, -0.25) is 9.59 Å². The van der Waals surface area contributed by atoms with Crippen molar-refractivity contribution in [3.63, 3.8) is 0 Å². The number of nitrogens with one attached hydrogen (secondary N) is 2. The average Bonchev–Trinajstić information content (AvgIpc) is 2.80. The second kappa shape index (κ2) is 10.8. The van der Waals surface area contributed by atoms with Gasteiger partial charge in [-0.2, -0.15) is 4.31 Å². The van der Waals surface area contributed by atoms with E-state index in [2.05, 4.69) is 17.2 Å². The van der Waals surface area contributed by atoms with Gasteiger partial charge in [0.1, 0.15) is 0 Å².